The summed E-state index contributed by atoms with van der Waals surface area (Å²) in [6, 6.07) is 11.7. The van der Waals surface area contributed by atoms with Gasteiger partial charge in [0, 0.05) is 44.3 Å². The van der Waals surface area contributed by atoms with Crippen LogP contribution in [0.3, 0.4) is 0 Å². The van der Waals surface area contributed by atoms with Crippen molar-refractivity contribution in [3.63, 3.8) is 0 Å². The molecule has 0 aliphatic carbocycles. The highest BCUT2D eigenvalue weighted by Gasteiger charge is 2.21. The molecule has 1 saturated heterocycles. The Morgan fingerprint density at radius 2 is 1.78 bits per heavy atom. The van der Waals surface area contributed by atoms with E-state index in [1.165, 1.54) is 6.07 Å². The first kappa shape index (κ1) is 26.2. The maximum absolute atomic E-state index is 13.1. The van der Waals surface area contributed by atoms with Crippen LogP contribution in [0.4, 0.5) is 0 Å². The van der Waals surface area contributed by atoms with Gasteiger partial charge in [0.25, 0.3) is 0 Å². The fourth-order valence-electron chi connectivity index (χ4n) is 4.53. The first-order valence-electron chi connectivity index (χ1n) is 12.3. The molecule has 4 rings (SSSR count). The maximum Gasteiger partial charge on any atom is 0.241 e. The fourth-order valence-corrected chi connectivity index (χ4v) is 5.74. The van der Waals surface area contributed by atoms with Crippen LogP contribution in [0.1, 0.15) is 18.9 Å². The van der Waals surface area contributed by atoms with Crippen LogP contribution >= 0.6 is 0 Å². The van der Waals surface area contributed by atoms with Gasteiger partial charge in [-0.05, 0) is 74.8 Å². The predicted octanol–water partition coefficient (Wildman–Crippen LogP) is 2.57. The zero-order valence-corrected chi connectivity index (χ0v) is 21.4. The summed E-state index contributed by atoms with van der Waals surface area (Å²) in [5.41, 5.74) is 1.52. The Hall–Kier alpha value is -2.92. The minimum Gasteiger partial charge on any atom is -0.504 e. The maximum atomic E-state index is 13.1. The highest BCUT2D eigenvalue weighted by atomic mass is 32.2. The lowest BCUT2D eigenvalue weighted by Crippen LogP contribution is -2.37. The highest BCUT2D eigenvalue weighted by molar-refractivity contribution is 7.89. The lowest BCUT2D eigenvalue weighted by Gasteiger charge is -2.22. The van der Waals surface area contributed by atoms with E-state index in [1.807, 2.05) is 13.0 Å². The SMILES string of the molecule is CCOc1ccc(S(=O)(=O)NCCN2CCCN(CCc3ccc(O)c(O)c3)CC2)c2cccnc12. The van der Waals surface area contributed by atoms with Crippen LogP contribution in [-0.2, 0) is 16.4 Å². The Labute approximate surface area is 212 Å². The average molecular weight is 515 g/mol. The third kappa shape index (κ3) is 6.44. The largest absolute Gasteiger partial charge is 0.504 e. The molecule has 0 radical (unpaired) electrons. The first-order valence-corrected chi connectivity index (χ1v) is 13.8. The minimum atomic E-state index is -3.71. The number of hydrogen-bond acceptors (Lipinski definition) is 8. The number of pyridine rings is 1. The van der Waals surface area contributed by atoms with Gasteiger partial charge in [0.1, 0.15) is 11.3 Å². The molecule has 0 atom stereocenters. The molecule has 36 heavy (non-hydrogen) atoms. The fraction of sp³-hybridized carbons (Fsp3) is 0.423. The summed E-state index contributed by atoms with van der Waals surface area (Å²) in [6.45, 7) is 7.81. The van der Waals surface area contributed by atoms with E-state index in [1.54, 1.807) is 36.5 Å². The van der Waals surface area contributed by atoms with Crippen molar-refractivity contribution >= 4 is 20.9 Å². The van der Waals surface area contributed by atoms with Gasteiger partial charge in [0.2, 0.25) is 10.0 Å². The number of ether oxygens (including phenoxy) is 1. The summed E-state index contributed by atoms with van der Waals surface area (Å²) in [5.74, 6) is 0.377. The molecule has 1 aromatic heterocycles. The predicted molar refractivity (Wildman–Crippen MR) is 139 cm³/mol. The number of aromatic nitrogens is 1. The van der Waals surface area contributed by atoms with Gasteiger partial charge in [-0.15, -0.1) is 0 Å². The first-order chi connectivity index (χ1) is 17.4. The summed E-state index contributed by atoms with van der Waals surface area (Å²) < 4.78 is 34.6. The molecular formula is C26H34N4O5S. The quantitative estimate of drug-likeness (QED) is 0.354. The van der Waals surface area contributed by atoms with Gasteiger partial charge in [-0.25, -0.2) is 13.1 Å². The topological polar surface area (TPSA) is 115 Å². The standard InChI is InChI=1S/C26H34N4O5S/c1-2-35-24-8-9-25(21-5-3-11-27-26(21)24)36(33,34)28-12-16-30-14-4-13-29(17-18-30)15-10-20-6-7-22(31)23(32)19-20/h3,5-9,11,19,28,31-32H,2,4,10,12-18H2,1H3. The molecule has 1 aliphatic rings. The molecule has 3 aromatic rings. The monoisotopic (exact) mass is 514 g/mol. The number of nitrogens with zero attached hydrogens (tertiary/aromatic N) is 3. The van der Waals surface area contributed by atoms with Crippen molar-refractivity contribution in [2.45, 2.75) is 24.7 Å². The number of rotatable bonds is 10. The van der Waals surface area contributed by atoms with Crippen molar-refractivity contribution in [1.29, 1.82) is 0 Å². The number of benzene rings is 2. The normalized spacial score (nSPS) is 15.7. The Bertz CT molecular complexity index is 1280. The van der Waals surface area contributed by atoms with Gasteiger partial charge in [-0.1, -0.05) is 6.07 Å². The van der Waals surface area contributed by atoms with E-state index >= 15 is 0 Å². The molecule has 1 aliphatic heterocycles. The van der Waals surface area contributed by atoms with E-state index in [0.717, 1.165) is 51.1 Å². The van der Waals surface area contributed by atoms with Crippen molar-refractivity contribution in [2.75, 3.05) is 52.4 Å². The molecule has 1 fully saturated rings. The minimum absolute atomic E-state index is 0.0912. The van der Waals surface area contributed by atoms with E-state index in [0.29, 0.717) is 36.3 Å². The van der Waals surface area contributed by atoms with Crippen molar-refractivity contribution in [3.8, 4) is 17.2 Å². The third-order valence-electron chi connectivity index (χ3n) is 6.44. The molecule has 10 heteroatoms. The van der Waals surface area contributed by atoms with Crippen molar-refractivity contribution < 1.29 is 23.4 Å². The lowest BCUT2D eigenvalue weighted by molar-refractivity contribution is 0.260. The zero-order chi connectivity index (χ0) is 25.5. The van der Waals surface area contributed by atoms with Crippen LogP contribution in [0.2, 0.25) is 0 Å². The summed E-state index contributed by atoms with van der Waals surface area (Å²) in [5, 5.41) is 19.7. The van der Waals surface area contributed by atoms with Crippen molar-refractivity contribution in [2.24, 2.45) is 0 Å². The van der Waals surface area contributed by atoms with Gasteiger partial charge in [0.05, 0.1) is 11.5 Å². The highest BCUT2D eigenvalue weighted by Crippen LogP contribution is 2.29. The molecule has 0 bridgehead atoms. The molecule has 2 heterocycles. The molecule has 0 amide bonds. The number of hydrogen-bond donors (Lipinski definition) is 3. The Kier molecular flexibility index (Phi) is 8.63. The lowest BCUT2D eigenvalue weighted by atomic mass is 10.1. The second-order valence-electron chi connectivity index (χ2n) is 8.90. The molecule has 0 unspecified atom stereocenters. The molecule has 9 nitrogen and oxygen atoms in total. The Morgan fingerprint density at radius 3 is 2.53 bits per heavy atom. The Balaban J connectivity index is 1.29. The zero-order valence-electron chi connectivity index (χ0n) is 20.6. The van der Waals surface area contributed by atoms with E-state index in [-0.39, 0.29) is 16.4 Å². The van der Waals surface area contributed by atoms with Crippen molar-refractivity contribution in [3.05, 3.63) is 54.2 Å². The number of aromatic hydroxyl groups is 2. The summed E-state index contributed by atoms with van der Waals surface area (Å²) in [7, 11) is -3.71. The van der Waals surface area contributed by atoms with E-state index in [2.05, 4.69) is 19.5 Å². The van der Waals surface area contributed by atoms with Gasteiger partial charge in [-0.2, -0.15) is 0 Å². The third-order valence-corrected chi connectivity index (χ3v) is 7.96. The van der Waals surface area contributed by atoms with Gasteiger partial charge < -0.3 is 24.7 Å². The van der Waals surface area contributed by atoms with E-state index in [9.17, 15) is 18.6 Å². The van der Waals surface area contributed by atoms with Crippen molar-refractivity contribution in [1.82, 2.24) is 19.5 Å². The van der Waals surface area contributed by atoms with Crippen LogP contribution < -0.4 is 9.46 Å². The van der Waals surface area contributed by atoms with Crippen LogP contribution in [0, 0.1) is 0 Å². The number of phenolic OH excluding ortho intramolecular Hbond substituents is 2. The van der Waals surface area contributed by atoms with Crippen LogP contribution in [0.15, 0.2) is 53.6 Å². The summed E-state index contributed by atoms with van der Waals surface area (Å²) in [4.78, 5) is 9.21. The van der Waals surface area contributed by atoms with E-state index in [4.69, 9.17) is 4.74 Å². The number of fused-ring (bicyclic) bond motifs is 1. The molecule has 0 spiro atoms. The second kappa shape index (κ2) is 11.9. The number of phenols is 2. The molecule has 3 N–H and O–H groups in total. The van der Waals surface area contributed by atoms with Crippen LogP contribution in [0.5, 0.6) is 17.2 Å². The van der Waals surface area contributed by atoms with Crippen LogP contribution in [0.25, 0.3) is 10.9 Å². The van der Waals surface area contributed by atoms with Gasteiger partial charge in [0.15, 0.2) is 11.5 Å². The summed E-state index contributed by atoms with van der Waals surface area (Å²) in [6.07, 6.45) is 3.42. The molecule has 2 aromatic carbocycles. The van der Waals surface area contributed by atoms with Gasteiger partial charge in [-0.3, -0.25) is 4.98 Å². The number of sulfonamides is 1. The Morgan fingerprint density at radius 1 is 1.00 bits per heavy atom. The van der Waals surface area contributed by atoms with Crippen LogP contribution in [-0.4, -0.2) is 85.8 Å². The van der Waals surface area contributed by atoms with E-state index < -0.39 is 10.0 Å². The average Bonchev–Trinajstić information content (AvgIpc) is 3.10. The van der Waals surface area contributed by atoms with Gasteiger partial charge >= 0.3 is 0 Å². The molecule has 0 saturated carbocycles. The number of nitrogens with one attached hydrogen (secondary N) is 1. The molecule has 194 valence electrons. The molecular weight excluding hydrogens is 480 g/mol. The smallest absolute Gasteiger partial charge is 0.241 e. The summed E-state index contributed by atoms with van der Waals surface area (Å²) >= 11 is 0. The second-order valence-corrected chi connectivity index (χ2v) is 10.6.